The van der Waals surface area contributed by atoms with Crippen LogP contribution in [0.5, 0.6) is 0 Å². The molecule has 0 bridgehead atoms. The van der Waals surface area contributed by atoms with E-state index in [2.05, 4.69) is 4.90 Å². The molecule has 7 heteroatoms. The van der Waals surface area contributed by atoms with Gasteiger partial charge in [0.1, 0.15) is 11.9 Å². The topological polar surface area (TPSA) is 93.7 Å². The number of urea groups is 1. The van der Waals surface area contributed by atoms with Gasteiger partial charge in [0.05, 0.1) is 6.04 Å². The third kappa shape index (κ3) is 2.54. The molecule has 3 amide bonds. The van der Waals surface area contributed by atoms with Gasteiger partial charge in [-0.05, 0) is 49.9 Å². The van der Waals surface area contributed by atoms with Gasteiger partial charge in [0.15, 0.2) is 0 Å². The number of nitrogens with two attached hydrogens (primary N) is 1. The largest absolute Gasteiger partial charge is 0.368 e. The number of anilines is 1. The first kappa shape index (κ1) is 15.9. The number of rotatable bonds is 3. The lowest BCUT2D eigenvalue weighted by Crippen LogP contribution is -2.46. The van der Waals surface area contributed by atoms with Gasteiger partial charge in [0.25, 0.3) is 0 Å². The third-order valence-electron chi connectivity index (χ3n) is 5.53. The van der Waals surface area contributed by atoms with Crippen LogP contribution in [0.1, 0.15) is 31.2 Å². The van der Waals surface area contributed by atoms with E-state index in [9.17, 15) is 9.59 Å². The highest BCUT2D eigenvalue weighted by atomic mass is 16.2. The van der Waals surface area contributed by atoms with Crippen molar-refractivity contribution >= 4 is 23.5 Å². The second-order valence-corrected chi connectivity index (χ2v) is 6.99. The molecule has 1 unspecified atom stereocenters. The highest BCUT2D eigenvalue weighted by Crippen LogP contribution is 2.35. The van der Waals surface area contributed by atoms with E-state index >= 15 is 0 Å². The maximum Gasteiger partial charge on any atom is 0.325 e. The summed E-state index contributed by atoms with van der Waals surface area (Å²) in [7, 11) is 0. The van der Waals surface area contributed by atoms with Gasteiger partial charge in [-0.15, -0.1) is 0 Å². The lowest BCUT2D eigenvalue weighted by molar-refractivity contribution is -0.119. The summed E-state index contributed by atoms with van der Waals surface area (Å²) in [4.78, 5) is 30.1. The molecule has 3 N–H and O–H groups in total. The second kappa shape index (κ2) is 6.06. The molecule has 0 radical (unpaired) electrons. The van der Waals surface area contributed by atoms with E-state index in [0.717, 1.165) is 44.3 Å². The summed E-state index contributed by atoms with van der Waals surface area (Å²) in [6.45, 7) is 2.53. The number of carbonyl (C=O) groups excluding carboxylic acids is 2. The standard InChI is InChI=1S/C18H23N5O2/c19-16(21-9-1-2-10-21)12-5-7-13(8-6-12)23-15(17(20)24)14-4-3-11-22(14)18(23)25/h5-8,14-15,19H,1-4,9-11H2,(H2,20,24)/t14-,15?/m1/s1. The van der Waals surface area contributed by atoms with E-state index in [4.69, 9.17) is 11.1 Å². The van der Waals surface area contributed by atoms with Crippen molar-refractivity contribution < 1.29 is 9.59 Å². The smallest absolute Gasteiger partial charge is 0.325 e. The van der Waals surface area contributed by atoms with Crippen LogP contribution in [0.3, 0.4) is 0 Å². The molecule has 7 nitrogen and oxygen atoms in total. The van der Waals surface area contributed by atoms with E-state index in [-0.39, 0.29) is 12.1 Å². The molecule has 132 valence electrons. The first-order valence-electron chi connectivity index (χ1n) is 8.91. The summed E-state index contributed by atoms with van der Waals surface area (Å²) < 4.78 is 0. The highest BCUT2D eigenvalue weighted by Gasteiger charge is 2.51. The van der Waals surface area contributed by atoms with Gasteiger partial charge < -0.3 is 15.5 Å². The second-order valence-electron chi connectivity index (χ2n) is 6.99. The zero-order valence-corrected chi connectivity index (χ0v) is 14.1. The first-order valence-corrected chi connectivity index (χ1v) is 8.91. The fourth-order valence-electron chi connectivity index (χ4n) is 4.28. The van der Waals surface area contributed by atoms with Crippen molar-refractivity contribution in [3.8, 4) is 0 Å². The Morgan fingerprint density at radius 2 is 1.76 bits per heavy atom. The number of benzene rings is 1. The molecule has 3 aliphatic rings. The number of primary amides is 1. The van der Waals surface area contributed by atoms with Gasteiger partial charge in [-0.25, -0.2) is 4.79 Å². The molecule has 3 aliphatic heterocycles. The van der Waals surface area contributed by atoms with E-state index in [1.54, 1.807) is 4.90 Å². The molecular formula is C18H23N5O2. The van der Waals surface area contributed by atoms with E-state index in [1.165, 1.54) is 4.90 Å². The summed E-state index contributed by atoms with van der Waals surface area (Å²) in [6.07, 6.45) is 3.98. The molecule has 1 aromatic carbocycles. The molecule has 0 spiro atoms. The van der Waals surface area contributed by atoms with Gasteiger partial charge in [-0.2, -0.15) is 0 Å². The SMILES string of the molecule is N=C(c1ccc(N2C(=O)N3CCC[C@@H]3C2C(N)=O)cc1)N1CCCC1. The number of nitrogens with zero attached hydrogens (tertiary/aromatic N) is 3. The summed E-state index contributed by atoms with van der Waals surface area (Å²) in [5.41, 5.74) is 7.10. The van der Waals surface area contributed by atoms with Crippen LogP contribution in [0, 0.1) is 5.41 Å². The minimum atomic E-state index is -0.612. The number of likely N-dealkylation sites (tertiary alicyclic amines) is 1. The molecule has 3 fully saturated rings. The Morgan fingerprint density at radius 3 is 2.40 bits per heavy atom. The Kier molecular flexibility index (Phi) is 3.86. The van der Waals surface area contributed by atoms with Crippen molar-refractivity contribution in [2.24, 2.45) is 5.73 Å². The van der Waals surface area contributed by atoms with Crippen LogP contribution in [0.25, 0.3) is 0 Å². The minimum Gasteiger partial charge on any atom is -0.368 e. The van der Waals surface area contributed by atoms with Gasteiger partial charge in [-0.1, -0.05) is 0 Å². The number of amides is 3. The van der Waals surface area contributed by atoms with E-state index in [0.29, 0.717) is 18.1 Å². The molecule has 3 saturated heterocycles. The Balaban J connectivity index is 1.59. The monoisotopic (exact) mass is 341 g/mol. The van der Waals surface area contributed by atoms with Crippen molar-refractivity contribution in [1.82, 2.24) is 9.80 Å². The number of carbonyl (C=O) groups is 2. The minimum absolute atomic E-state index is 0.118. The van der Waals surface area contributed by atoms with Gasteiger partial charge in [0.2, 0.25) is 5.91 Å². The normalized spacial score (nSPS) is 25.6. The maximum atomic E-state index is 12.7. The van der Waals surface area contributed by atoms with Crippen molar-refractivity contribution in [2.75, 3.05) is 24.5 Å². The zero-order valence-electron chi connectivity index (χ0n) is 14.1. The average molecular weight is 341 g/mol. The Labute approximate surface area is 146 Å². The molecule has 3 heterocycles. The van der Waals surface area contributed by atoms with Crippen molar-refractivity contribution in [1.29, 1.82) is 5.41 Å². The van der Waals surface area contributed by atoms with Crippen LogP contribution in [0.4, 0.5) is 10.5 Å². The van der Waals surface area contributed by atoms with Crippen LogP contribution in [-0.4, -0.2) is 59.3 Å². The molecule has 0 aromatic heterocycles. The molecule has 25 heavy (non-hydrogen) atoms. The molecule has 4 rings (SSSR count). The number of nitrogens with one attached hydrogen (secondary N) is 1. The first-order chi connectivity index (χ1) is 12.1. The summed E-state index contributed by atoms with van der Waals surface area (Å²) in [5.74, 6) is 0.0560. The molecule has 0 saturated carbocycles. The lowest BCUT2D eigenvalue weighted by Gasteiger charge is -2.24. The number of hydrogen-bond acceptors (Lipinski definition) is 3. The summed E-state index contributed by atoms with van der Waals surface area (Å²) in [5, 5.41) is 8.32. The van der Waals surface area contributed by atoms with Crippen LogP contribution in [0.2, 0.25) is 0 Å². The van der Waals surface area contributed by atoms with Crippen molar-refractivity contribution in [3.63, 3.8) is 0 Å². The van der Waals surface area contributed by atoms with Crippen LogP contribution in [-0.2, 0) is 4.79 Å². The fraction of sp³-hybridized carbons (Fsp3) is 0.500. The fourth-order valence-corrected chi connectivity index (χ4v) is 4.28. The van der Waals surface area contributed by atoms with Crippen molar-refractivity contribution in [2.45, 2.75) is 37.8 Å². The van der Waals surface area contributed by atoms with E-state index in [1.807, 2.05) is 24.3 Å². The molecule has 0 aliphatic carbocycles. The van der Waals surface area contributed by atoms with Crippen LogP contribution >= 0.6 is 0 Å². The maximum absolute atomic E-state index is 12.7. The number of amidine groups is 1. The van der Waals surface area contributed by atoms with Crippen LogP contribution in [0.15, 0.2) is 24.3 Å². The predicted octanol–water partition coefficient (Wildman–Crippen LogP) is 1.37. The lowest BCUT2D eigenvalue weighted by atomic mass is 10.0. The van der Waals surface area contributed by atoms with Crippen molar-refractivity contribution in [3.05, 3.63) is 29.8 Å². The predicted molar refractivity (Wildman–Crippen MR) is 94.7 cm³/mol. The van der Waals surface area contributed by atoms with Gasteiger partial charge >= 0.3 is 6.03 Å². The Morgan fingerprint density at radius 1 is 1.08 bits per heavy atom. The van der Waals surface area contributed by atoms with Gasteiger partial charge in [-0.3, -0.25) is 15.1 Å². The quantitative estimate of drug-likeness (QED) is 0.642. The zero-order chi connectivity index (χ0) is 17.6. The van der Waals surface area contributed by atoms with Crippen LogP contribution < -0.4 is 10.6 Å². The number of hydrogen-bond donors (Lipinski definition) is 2. The Hall–Kier alpha value is -2.57. The summed E-state index contributed by atoms with van der Waals surface area (Å²) >= 11 is 0. The number of fused-ring (bicyclic) bond motifs is 1. The Bertz CT molecular complexity index is 711. The molecular weight excluding hydrogens is 318 g/mol. The van der Waals surface area contributed by atoms with Gasteiger partial charge in [0, 0.05) is 30.9 Å². The molecule has 1 aromatic rings. The summed E-state index contributed by atoms with van der Waals surface area (Å²) in [6, 6.07) is 6.46. The molecule has 2 atom stereocenters. The van der Waals surface area contributed by atoms with E-state index < -0.39 is 11.9 Å². The third-order valence-corrected chi connectivity index (χ3v) is 5.53. The average Bonchev–Trinajstić information content (AvgIpc) is 3.33. The highest BCUT2D eigenvalue weighted by molar-refractivity contribution is 6.04.